The van der Waals surface area contributed by atoms with Crippen LogP contribution in [0, 0.1) is 11.8 Å². The van der Waals surface area contributed by atoms with E-state index in [0.717, 1.165) is 12.2 Å². The van der Waals surface area contributed by atoms with Crippen molar-refractivity contribution >= 4 is 18.0 Å². The molecule has 1 saturated heterocycles. The summed E-state index contributed by atoms with van der Waals surface area (Å²) in [5.41, 5.74) is 0. The van der Waals surface area contributed by atoms with Crippen molar-refractivity contribution in [2.24, 2.45) is 11.8 Å². The molecule has 1 aliphatic heterocycles. The number of hydrogen-bond acceptors (Lipinski definition) is 2. The topological polar surface area (TPSA) is 17.1 Å². The third-order valence-electron chi connectivity index (χ3n) is 3.05. The van der Waals surface area contributed by atoms with E-state index in [1.165, 1.54) is 12.7 Å². The van der Waals surface area contributed by atoms with Gasteiger partial charge in [-0.2, -0.15) is 0 Å². The Labute approximate surface area is 79.3 Å². The maximum Gasteiger partial charge on any atom is 0.136 e. The lowest BCUT2D eigenvalue weighted by atomic mass is 9.82. The van der Waals surface area contributed by atoms with Crippen molar-refractivity contribution in [1.82, 2.24) is 0 Å². The predicted octanol–water partition coefficient (Wildman–Crippen LogP) is 2.74. The minimum absolute atomic E-state index is 0.0475. The minimum atomic E-state index is -0.0475. The average Bonchev–Trinajstić information content (AvgIpc) is 2.52. The number of thioether (sulfide) groups is 1. The number of hydrogen-bond donors (Lipinski definition) is 0. The summed E-state index contributed by atoms with van der Waals surface area (Å²) in [6, 6.07) is 0. The van der Waals surface area contributed by atoms with Gasteiger partial charge in [-0.15, -0.1) is 11.8 Å². The monoisotopic (exact) mass is 186 g/mol. The van der Waals surface area contributed by atoms with Crippen molar-refractivity contribution in [3.05, 3.63) is 0 Å². The number of aldehydes is 1. The summed E-state index contributed by atoms with van der Waals surface area (Å²) in [7, 11) is 0. The summed E-state index contributed by atoms with van der Waals surface area (Å²) in [6.45, 7) is 6.61. The molecule has 0 radical (unpaired) electrons. The summed E-state index contributed by atoms with van der Waals surface area (Å²) in [6.07, 6.45) is 3.48. The summed E-state index contributed by atoms with van der Waals surface area (Å²) in [5, 5.41) is 0. The van der Waals surface area contributed by atoms with Gasteiger partial charge < -0.3 is 4.79 Å². The van der Waals surface area contributed by atoms with Crippen LogP contribution in [-0.4, -0.2) is 16.8 Å². The van der Waals surface area contributed by atoms with Crippen LogP contribution in [0.5, 0.6) is 0 Å². The van der Waals surface area contributed by atoms with E-state index in [4.69, 9.17) is 0 Å². The molecule has 70 valence electrons. The highest BCUT2D eigenvalue weighted by Crippen LogP contribution is 2.44. The van der Waals surface area contributed by atoms with Crippen molar-refractivity contribution in [3.63, 3.8) is 0 Å². The van der Waals surface area contributed by atoms with Gasteiger partial charge in [0.05, 0.1) is 4.75 Å². The zero-order chi connectivity index (χ0) is 9.19. The largest absolute Gasteiger partial charge is 0.302 e. The lowest BCUT2D eigenvalue weighted by Gasteiger charge is -2.31. The second kappa shape index (κ2) is 3.82. The van der Waals surface area contributed by atoms with E-state index in [1.54, 1.807) is 0 Å². The lowest BCUT2D eigenvalue weighted by Crippen LogP contribution is -2.35. The van der Waals surface area contributed by atoms with E-state index in [9.17, 15) is 4.79 Å². The molecule has 1 aliphatic rings. The highest BCUT2D eigenvalue weighted by atomic mass is 32.2. The van der Waals surface area contributed by atoms with E-state index in [1.807, 2.05) is 11.8 Å². The Morgan fingerprint density at radius 2 is 2.08 bits per heavy atom. The van der Waals surface area contributed by atoms with E-state index < -0.39 is 0 Å². The van der Waals surface area contributed by atoms with Gasteiger partial charge in [0, 0.05) is 0 Å². The van der Waals surface area contributed by atoms with Crippen LogP contribution >= 0.6 is 11.8 Å². The fraction of sp³-hybridized carbons (Fsp3) is 0.900. The van der Waals surface area contributed by atoms with E-state index >= 15 is 0 Å². The minimum Gasteiger partial charge on any atom is -0.302 e. The molecular weight excluding hydrogens is 168 g/mol. The summed E-state index contributed by atoms with van der Waals surface area (Å²) < 4.78 is -0.0475. The van der Waals surface area contributed by atoms with Gasteiger partial charge in [0.1, 0.15) is 6.29 Å². The van der Waals surface area contributed by atoms with E-state index in [-0.39, 0.29) is 4.75 Å². The quantitative estimate of drug-likeness (QED) is 0.630. The first-order chi connectivity index (χ1) is 5.62. The molecule has 0 aliphatic carbocycles. The van der Waals surface area contributed by atoms with Crippen LogP contribution in [0.4, 0.5) is 0 Å². The first-order valence-electron chi connectivity index (χ1n) is 4.72. The Kier molecular flexibility index (Phi) is 3.22. The molecule has 1 nitrogen and oxygen atoms in total. The number of carbonyl (C=O) groups is 1. The van der Waals surface area contributed by atoms with Crippen molar-refractivity contribution in [3.8, 4) is 0 Å². The van der Waals surface area contributed by atoms with Crippen LogP contribution in [-0.2, 0) is 4.79 Å². The van der Waals surface area contributed by atoms with Gasteiger partial charge in [0.2, 0.25) is 0 Å². The SMILES string of the molecule is CC(C)C(C)C1(C=O)CCCS1. The lowest BCUT2D eigenvalue weighted by molar-refractivity contribution is -0.111. The molecule has 1 rings (SSSR count). The molecule has 2 atom stereocenters. The molecule has 0 amide bonds. The summed E-state index contributed by atoms with van der Waals surface area (Å²) in [5.74, 6) is 2.29. The Hall–Kier alpha value is 0.0200. The molecule has 1 heterocycles. The standard InChI is InChI=1S/C10H18OS/c1-8(2)9(3)10(7-11)5-4-6-12-10/h7-9H,4-6H2,1-3H3. The summed E-state index contributed by atoms with van der Waals surface area (Å²) >= 11 is 1.86. The maximum atomic E-state index is 11.1. The molecule has 0 bridgehead atoms. The molecule has 2 heteroatoms. The second-order valence-corrected chi connectivity index (χ2v) is 5.51. The normalized spacial score (nSPS) is 32.3. The van der Waals surface area contributed by atoms with Gasteiger partial charge in [-0.3, -0.25) is 0 Å². The molecular formula is C10H18OS. The van der Waals surface area contributed by atoms with Crippen molar-refractivity contribution in [2.45, 2.75) is 38.4 Å². The Morgan fingerprint density at radius 3 is 2.42 bits per heavy atom. The Morgan fingerprint density at radius 1 is 1.42 bits per heavy atom. The molecule has 0 aromatic heterocycles. The van der Waals surface area contributed by atoms with Gasteiger partial charge in [-0.05, 0) is 30.4 Å². The molecule has 12 heavy (non-hydrogen) atoms. The highest BCUT2D eigenvalue weighted by molar-refractivity contribution is 8.01. The molecule has 0 spiro atoms. The van der Waals surface area contributed by atoms with Gasteiger partial charge in [0.15, 0.2) is 0 Å². The van der Waals surface area contributed by atoms with Gasteiger partial charge in [-0.1, -0.05) is 20.8 Å². The van der Waals surface area contributed by atoms with Crippen LogP contribution in [0.1, 0.15) is 33.6 Å². The fourth-order valence-electron chi connectivity index (χ4n) is 1.81. The zero-order valence-electron chi connectivity index (χ0n) is 8.17. The molecule has 2 unspecified atom stereocenters. The van der Waals surface area contributed by atoms with E-state index in [0.29, 0.717) is 11.8 Å². The van der Waals surface area contributed by atoms with Crippen LogP contribution < -0.4 is 0 Å². The van der Waals surface area contributed by atoms with Gasteiger partial charge in [0.25, 0.3) is 0 Å². The van der Waals surface area contributed by atoms with Crippen molar-refractivity contribution in [1.29, 1.82) is 0 Å². The van der Waals surface area contributed by atoms with Crippen LogP contribution in [0.3, 0.4) is 0 Å². The van der Waals surface area contributed by atoms with Crippen LogP contribution in [0.15, 0.2) is 0 Å². The molecule has 0 aromatic carbocycles. The van der Waals surface area contributed by atoms with Gasteiger partial charge in [-0.25, -0.2) is 0 Å². The number of rotatable bonds is 3. The van der Waals surface area contributed by atoms with Crippen molar-refractivity contribution < 1.29 is 4.79 Å². The van der Waals surface area contributed by atoms with Gasteiger partial charge >= 0.3 is 0 Å². The molecule has 0 N–H and O–H groups in total. The summed E-state index contributed by atoms with van der Waals surface area (Å²) in [4.78, 5) is 11.1. The van der Waals surface area contributed by atoms with Crippen LogP contribution in [0.25, 0.3) is 0 Å². The smallest absolute Gasteiger partial charge is 0.136 e. The maximum absolute atomic E-state index is 11.1. The first kappa shape index (κ1) is 10.1. The fourth-order valence-corrected chi connectivity index (χ4v) is 3.37. The van der Waals surface area contributed by atoms with Crippen molar-refractivity contribution in [2.75, 3.05) is 5.75 Å². The predicted molar refractivity (Wildman–Crippen MR) is 54.5 cm³/mol. The molecule has 1 fully saturated rings. The second-order valence-electron chi connectivity index (χ2n) is 4.06. The van der Waals surface area contributed by atoms with Crippen LogP contribution in [0.2, 0.25) is 0 Å². The zero-order valence-corrected chi connectivity index (χ0v) is 8.99. The molecule has 0 aromatic rings. The highest BCUT2D eigenvalue weighted by Gasteiger charge is 2.40. The third kappa shape index (κ3) is 1.68. The number of carbonyl (C=O) groups excluding carboxylic acids is 1. The third-order valence-corrected chi connectivity index (χ3v) is 4.76. The Bertz CT molecular complexity index is 159. The van der Waals surface area contributed by atoms with E-state index in [2.05, 4.69) is 20.8 Å². The Balaban J connectivity index is 2.71. The molecule has 0 saturated carbocycles. The average molecular weight is 186 g/mol. The first-order valence-corrected chi connectivity index (χ1v) is 5.71.